The van der Waals surface area contributed by atoms with E-state index in [-0.39, 0.29) is 5.91 Å². The summed E-state index contributed by atoms with van der Waals surface area (Å²) < 4.78 is 4.93. The average molecular weight is 242 g/mol. The van der Waals surface area contributed by atoms with Crippen LogP contribution in [-0.2, 0) is 9.53 Å². The molecule has 1 amide bonds. The first-order valence-electron chi connectivity index (χ1n) is 6.75. The fraction of sp³-hybridized carbons (Fsp3) is 0.923. The van der Waals surface area contributed by atoms with Gasteiger partial charge in [-0.05, 0) is 25.2 Å². The minimum Gasteiger partial charge on any atom is -0.383 e. The Bertz CT molecular complexity index is 221. The molecular weight excluding hydrogens is 216 g/mol. The third kappa shape index (κ3) is 5.50. The van der Waals surface area contributed by atoms with Gasteiger partial charge in [-0.25, -0.2) is 0 Å². The smallest absolute Gasteiger partial charge is 0.236 e. The molecule has 1 N–H and O–H groups in total. The van der Waals surface area contributed by atoms with Gasteiger partial charge in [-0.2, -0.15) is 0 Å². The molecule has 1 fully saturated rings. The summed E-state index contributed by atoms with van der Waals surface area (Å²) in [7, 11) is 1.67. The molecule has 0 aliphatic carbocycles. The van der Waals surface area contributed by atoms with Crippen molar-refractivity contribution < 1.29 is 9.53 Å². The van der Waals surface area contributed by atoms with Gasteiger partial charge in [0.2, 0.25) is 5.91 Å². The van der Waals surface area contributed by atoms with E-state index in [0.29, 0.717) is 13.2 Å². The molecule has 1 aliphatic heterocycles. The molecule has 1 saturated heterocycles. The van der Waals surface area contributed by atoms with Gasteiger partial charge in [0.25, 0.3) is 0 Å². The van der Waals surface area contributed by atoms with E-state index >= 15 is 0 Å². The van der Waals surface area contributed by atoms with E-state index < -0.39 is 0 Å². The Morgan fingerprint density at radius 3 is 2.94 bits per heavy atom. The molecule has 0 bridgehead atoms. The molecule has 0 saturated carbocycles. The molecule has 0 aromatic heterocycles. The van der Waals surface area contributed by atoms with Gasteiger partial charge in [-0.1, -0.05) is 13.3 Å². The zero-order valence-electron chi connectivity index (χ0n) is 11.2. The second-order valence-electron chi connectivity index (χ2n) is 4.76. The SMILES string of the molecule is CCC1CCCN(C(=O)CNCCOC)CC1. The Labute approximate surface area is 105 Å². The molecule has 17 heavy (non-hydrogen) atoms. The van der Waals surface area contributed by atoms with Gasteiger partial charge < -0.3 is 15.0 Å². The van der Waals surface area contributed by atoms with Crippen LogP contribution in [0.3, 0.4) is 0 Å². The molecule has 0 spiro atoms. The molecule has 0 aromatic carbocycles. The minimum atomic E-state index is 0.234. The van der Waals surface area contributed by atoms with Gasteiger partial charge in [0, 0.05) is 26.7 Å². The van der Waals surface area contributed by atoms with Gasteiger partial charge in [0.1, 0.15) is 0 Å². The number of likely N-dealkylation sites (tertiary alicyclic amines) is 1. The number of methoxy groups -OCH3 is 1. The number of nitrogens with zero attached hydrogens (tertiary/aromatic N) is 1. The summed E-state index contributed by atoms with van der Waals surface area (Å²) in [4.78, 5) is 13.9. The van der Waals surface area contributed by atoms with Gasteiger partial charge in [-0.3, -0.25) is 4.79 Å². The van der Waals surface area contributed by atoms with Crippen LogP contribution in [-0.4, -0.2) is 50.7 Å². The van der Waals surface area contributed by atoms with Crippen molar-refractivity contribution in [3.63, 3.8) is 0 Å². The lowest BCUT2D eigenvalue weighted by molar-refractivity contribution is -0.130. The number of amides is 1. The predicted molar refractivity (Wildman–Crippen MR) is 69.0 cm³/mol. The highest BCUT2D eigenvalue weighted by Gasteiger charge is 2.18. The monoisotopic (exact) mass is 242 g/mol. The maximum Gasteiger partial charge on any atom is 0.236 e. The van der Waals surface area contributed by atoms with Crippen LogP contribution in [0.1, 0.15) is 32.6 Å². The topological polar surface area (TPSA) is 41.6 Å². The van der Waals surface area contributed by atoms with Crippen molar-refractivity contribution in [3.05, 3.63) is 0 Å². The number of hydrogen-bond acceptors (Lipinski definition) is 3. The van der Waals surface area contributed by atoms with Crippen molar-refractivity contribution in [3.8, 4) is 0 Å². The van der Waals surface area contributed by atoms with Crippen LogP contribution in [0.25, 0.3) is 0 Å². The van der Waals surface area contributed by atoms with Gasteiger partial charge in [0.05, 0.1) is 13.2 Å². The summed E-state index contributed by atoms with van der Waals surface area (Å²) in [5.74, 6) is 1.05. The normalized spacial score (nSPS) is 21.3. The standard InChI is InChI=1S/C13H26N2O2/c1-3-12-5-4-8-15(9-6-12)13(16)11-14-7-10-17-2/h12,14H,3-11H2,1-2H3. The maximum atomic E-state index is 11.9. The van der Waals surface area contributed by atoms with E-state index in [0.717, 1.165) is 32.0 Å². The van der Waals surface area contributed by atoms with Crippen molar-refractivity contribution in [2.75, 3.05) is 39.9 Å². The zero-order valence-corrected chi connectivity index (χ0v) is 11.2. The first-order chi connectivity index (χ1) is 8.27. The Morgan fingerprint density at radius 1 is 1.41 bits per heavy atom. The van der Waals surface area contributed by atoms with Crippen LogP contribution in [0.2, 0.25) is 0 Å². The summed E-state index contributed by atoms with van der Waals surface area (Å²) in [5, 5.41) is 3.11. The van der Waals surface area contributed by atoms with E-state index in [9.17, 15) is 4.79 Å². The van der Waals surface area contributed by atoms with E-state index in [1.165, 1.54) is 19.3 Å². The number of carbonyl (C=O) groups is 1. The number of rotatable bonds is 6. The van der Waals surface area contributed by atoms with Crippen LogP contribution in [0.5, 0.6) is 0 Å². The molecule has 4 heteroatoms. The number of nitrogens with one attached hydrogen (secondary N) is 1. The van der Waals surface area contributed by atoms with E-state index in [2.05, 4.69) is 12.2 Å². The van der Waals surface area contributed by atoms with Crippen molar-refractivity contribution in [2.45, 2.75) is 32.6 Å². The third-order valence-electron chi connectivity index (χ3n) is 3.54. The average Bonchev–Trinajstić information content (AvgIpc) is 2.59. The Kier molecular flexibility index (Phi) is 7.21. The van der Waals surface area contributed by atoms with E-state index in [1.54, 1.807) is 7.11 Å². The molecule has 0 radical (unpaired) electrons. The molecular formula is C13H26N2O2. The first-order valence-corrected chi connectivity index (χ1v) is 6.75. The Balaban J connectivity index is 2.22. The van der Waals surface area contributed by atoms with Crippen LogP contribution in [0, 0.1) is 5.92 Å². The Hall–Kier alpha value is -0.610. The highest BCUT2D eigenvalue weighted by atomic mass is 16.5. The van der Waals surface area contributed by atoms with Crippen molar-refractivity contribution in [2.24, 2.45) is 5.92 Å². The number of hydrogen-bond donors (Lipinski definition) is 1. The van der Waals surface area contributed by atoms with Crippen LogP contribution in [0.15, 0.2) is 0 Å². The van der Waals surface area contributed by atoms with Crippen LogP contribution >= 0.6 is 0 Å². The maximum absolute atomic E-state index is 11.9. The molecule has 1 heterocycles. The lowest BCUT2D eigenvalue weighted by atomic mass is 9.98. The summed E-state index contributed by atoms with van der Waals surface area (Å²) in [5.41, 5.74) is 0. The summed E-state index contributed by atoms with van der Waals surface area (Å²) >= 11 is 0. The Morgan fingerprint density at radius 2 is 2.24 bits per heavy atom. The van der Waals surface area contributed by atoms with E-state index in [4.69, 9.17) is 4.74 Å². The number of ether oxygens (including phenoxy) is 1. The second-order valence-corrected chi connectivity index (χ2v) is 4.76. The summed E-state index contributed by atoms with van der Waals surface area (Å²) in [6, 6.07) is 0. The second kappa shape index (κ2) is 8.48. The zero-order chi connectivity index (χ0) is 12.5. The number of carbonyl (C=O) groups excluding carboxylic acids is 1. The van der Waals surface area contributed by atoms with Crippen molar-refractivity contribution >= 4 is 5.91 Å². The summed E-state index contributed by atoms with van der Waals surface area (Å²) in [6.07, 6.45) is 4.84. The molecule has 1 unspecified atom stereocenters. The molecule has 1 rings (SSSR count). The highest BCUT2D eigenvalue weighted by Crippen LogP contribution is 2.19. The molecule has 100 valence electrons. The lowest BCUT2D eigenvalue weighted by Gasteiger charge is -2.20. The highest BCUT2D eigenvalue weighted by molar-refractivity contribution is 5.78. The minimum absolute atomic E-state index is 0.234. The van der Waals surface area contributed by atoms with Crippen molar-refractivity contribution in [1.82, 2.24) is 10.2 Å². The van der Waals surface area contributed by atoms with E-state index in [1.807, 2.05) is 4.90 Å². The lowest BCUT2D eigenvalue weighted by Crippen LogP contribution is -2.39. The largest absolute Gasteiger partial charge is 0.383 e. The van der Waals surface area contributed by atoms with Gasteiger partial charge in [0.15, 0.2) is 0 Å². The van der Waals surface area contributed by atoms with Gasteiger partial charge >= 0.3 is 0 Å². The van der Waals surface area contributed by atoms with Crippen LogP contribution in [0.4, 0.5) is 0 Å². The molecule has 0 aromatic rings. The molecule has 1 atom stereocenters. The van der Waals surface area contributed by atoms with Gasteiger partial charge in [-0.15, -0.1) is 0 Å². The predicted octanol–water partition coefficient (Wildman–Crippen LogP) is 1.26. The quantitative estimate of drug-likeness (QED) is 0.713. The third-order valence-corrected chi connectivity index (χ3v) is 3.54. The van der Waals surface area contributed by atoms with Crippen molar-refractivity contribution in [1.29, 1.82) is 0 Å². The fourth-order valence-electron chi connectivity index (χ4n) is 2.30. The van der Waals surface area contributed by atoms with Crippen LogP contribution < -0.4 is 5.32 Å². The summed E-state index contributed by atoms with van der Waals surface area (Å²) in [6.45, 7) is 5.96. The fourth-order valence-corrected chi connectivity index (χ4v) is 2.30. The molecule has 4 nitrogen and oxygen atoms in total. The molecule has 1 aliphatic rings. The first kappa shape index (κ1) is 14.5.